The van der Waals surface area contributed by atoms with E-state index in [4.69, 9.17) is 4.74 Å². The van der Waals surface area contributed by atoms with Crippen LogP contribution in [0.4, 0.5) is 11.8 Å². The number of aryl methyl sites for hydroxylation is 1. The van der Waals surface area contributed by atoms with Gasteiger partial charge in [-0.15, -0.1) is 0 Å². The third kappa shape index (κ3) is 6.89. The highest BCUT2D eigenvalue weighted by Gasteiger charge is 2.05. The van der Waals surface area contributed by atoms with Gasteiger partial charge in [0.2, 0.25) is 11.9 Å². The largest absolute Gasteiger partial charge is 0.383 e. The quantitative estimate of drug-likeness (QED) is 0.562. The summed E-state index contributed by atoms with van der Waals surface area (Å²) in [6, 6.07) is 0. The van der Waals surface area contributed by atoms with Crippen LogP contribution in [0.25, 0.3) is 0 Å². The van der Waals surface area contributed by atoms with Crippen LogP contribution in [-0.2, 0) is 9.53 Å². The molecule has 1 amide bonds. The molecule has 0 aliphatic rings. The monoisotopic (exact) mass is 295 g/mol. The number of ether oxygens (including phenoxy) is 1. The third-order valence-corrected chi connectivity index (χ3v) is 2.78. The van der Waals surface area contributed by atoms with Gasteiger partial charge in [0.25, 0.3) is 0 Å². The second kappa shape index (κ2) is 9.93. The number of amides is 1. The Morgan fingerprint density at radius 1 is 1.29 bits per heavy atom. The first-order valence-electron chi connectivity index (χ1n) is 7.24. The van der Waals surface area contributed by atoms with Crippen LogP contribution in [0.15, 0.2) is 6.20 Å². The summed E-state index contributed by atoms with van der Waals surface area (Å²) in [5.74, 6) is 1.36. The van der Waals surface area contributed by atoms with Crippen LogP contribution in [-0.4, -0.2) is 49.2 Å². The Kier molecular flexibility index (Phi) is 8.11. The number of anilines is 2. The van der Waals surface area contributed by atoms with E-state index in [0.29, 0.717) is 32.1 Å². The van der Waals surface area contributed by atoms with E-state index in [-0.39, 0.29) is 5.91 Å². The van der Waals surface area contributed by atoms with Crippen molar-refractivity contribution in [2.24, 2.45) is 0 Å². The van der Waals surface area contributed by atoms with Crippen molar-refractivity contribution in [3.63, 3.8) is 0 Å². The van der Waals surface area contributed by atoms with E-state index in [9.17, 15) is 4.79 Å². The normalized spacial score (nSPS) is 10.2. The zero-order chi connectivity index (χ0) is 15.5. The maximum atomic E-state index is 11.5. The van der Waals surface area contributed by atoms with Crippen molar-refractivity contribution >= 4 is 17.7 Å². The molecular formula is C14H25N5O2. The molecule has 0 unspecified atom stereocenters. The minimum absolute atomic E-state index is 0.00408. The van der Waals surface area contributed by atoms with Crippen LogP contribution in [0.5, 0.6) is 0 Å². The van der Waals surface area contributed by atoms with E-state index < -0.39 is 0 Å². The summed E-state index contributed by atoms with van der Waals surface area (Å²) in [4.78, 5) is 20.2. The molecule has 1 aromatic heterocycles. The first kappa shape index (κ1) is 17.2. The predicted molar refractivity (Wildman–Crippen MR) is 83.5 cm³/mol. The molecule has 7 nitrogen and oxygen atoms in total. The smallest absolute Gasteiger partial charge is 0.224 e. The van der Waals surface area contributed by atoms with Gasteiger partial charge in [-0.25, -0.2) is 4.98 Å². The molecule has 0 fully saturated rings. The first-order valence-corrected chi connectivity index (χ1v) is 7.24. The topological polar surface area (TPSA) is 88.2 Å². The summed E-state index contributed by atoms with van der Waals surface area (Å²) in [5, 5.41) is 9.08. The second-order valence-electron chi connectivity index (χ2n) is 4.67. The van der Waals surface area contributed by atoms with Crippen molar-refractivity contribution in [3.8, 4) is 0 Å². The van der Waals surface area contributed by atoms with Gasteiger partial charge >= 0.3 is 0 Å². The summed E-state index contributed by atoms with van der Waals surface area (Å²) in [6.07, 6.45) is 3.18. The standard InChI is InChI=1S/C14H25N5O2/c1-4-6-17-14-18-10-11(2)13(19-14)16-7-5-12(20)15-8-9-21-3/h10H,4-9H2,1-3H3,(H,15,20)(H2,16,17,18,19). The summed E-state index contributed by atoms with van der Waals surface area (Å²) in [7, 11) is 1.61. The second-order valence-corrected chi connectivity index (χ2v) is 4.67. The Hall–Kier alpha value is -1.89. The fourth-order valence-corrected chi connectivity index (χ4v) is 1.62. The van der Waals surface area contributed by atoms with E-state index in [1.54, 1.807) is 13.3 Å². The molecular weight excluding hydrogens is 270 g/mol. The number of hydrogen-bond donors (Lipinski definition) is 3. The van der Waals surface area contributed by atoms with E-state index in [1.165, 1.54) is 0 Å². The molecule has 0 saturated carbocycles. The van der Waals surface area contributed by atoms with Gasteiger partial charge in [-0.2, -0.15) is 4.98 Å². The molecule has 0 radical (unpaired) electrons. The Morgan fingerprint density at radius 2 is 2.10 bits per heavy atom. The molecule has 3 N–H and O–H groups in total. The van der Waals surface area contributed by atoms with Crippen LogP contribution in [0, 0.1) is 6.92 Å². The Balaban J connectivity index is 2.38. The lowest BCUT2D eigenvalue weighted by molar-refractivity contribution is -0.121. The van der Waals surface area contributed by atoms with Crippen molar-refractivity contribution < 1.29 is 9.53 Å². The highest BCUT2D eigenvalue weighted by atomic mass is 16.5. The SMILES string of the molecule is CCCNc1ncc(C)c(NCCC(=O)NCCOC)n1. The van der Waals surface area contributed by atoms with Gasteiger partial charge in [-0.1, -0.05) is 6.92 Å². The van der Waals surface area contributed by atoms with Gasteiger partial charge in [0.05, 0.1) is 6.61 Å². The van der Waals surface area contributed by atoms with Crippen LogP contribution < -0.4 is 16.0 Å². The number of carbonyl (C=O) groups is 1. The summed E-state index contributed by atoms with van der Waals surface area (Å²) < 4.78 is 4.87. The first-order chi connectivity index (χ1) is 10.2. The minimum Gasteiger partial charge on any atom is -0.383 e. The van der Waals surface area contributed by atoms with Gasteiger partial charge in [-0.05, 0) is 13.3 Å². The van der Waals surface area contributed by atoms with Crippen LogP contribution in [0.3, 0.4) is 0 Å². The molecule has 1 rings (SSSR count). The van der Waals surface area contributed by atoms with Crippen LogP contribution >= 0.6 is 0 Å². The van der Waals surface area contributed by atoms with Crippen LogP contribution in [0.2, 0.25) is 0 Å². The Labute approximate surface area is 125 Å². The molecule has 7 heteroatoms. The lowest BCUT2D eigenvalue weighted by Crippen LogP contribution is -2.28. The summed E-state index contributed by atoms with van der Waals surface area (Å²) >= 11 is 0. The minimum atomic E-state index is -0.00408. The van der Waals surface area contributed by atoms with Gasteiger partial charge in [0.15, 0.2) is 0 Å². The molecule has 0 aromatic carbocycles. The molecule has 0 bridgehead atoms. The molecule has 0 atom stereocenters. The highest BCUT2D eigenvalue weighted by molar-refractivity contribution is 5.76. The zero-order valence-electron chi connectivity index (χ0n) is 13.0. The van der Waals surface area contributed by atoms with Crippen molar-refractivity contribution in [3.05, 3.63) is 11.8 Å². The van der Waals surface area contributed by atoms with E-state index in [0.717, 1.165) is 24.3 Å². The number of nitrogens with zero attached hydrogens (tertiary/aromatic N) is 2. The molecule has 21 heavy (non-hydrogen) atoms. The van der Waals surface area contributed by atoms with Crippen molar-refractivity contribution in [2.75, 3.05) is 44.0 Å². The number of rotatable bonds is 10. The molecule has 1 heterocycles. The summed E-state index contributed by atoms with van der Waals surface area (Å²) in [5.41, 5.74) is 0.955. The third-order valence-electron chi connectivity index (χ3n) is 2.78. The van der Waals surface area contributed by atoms with Gasteiger partial charge < -0.3 is 20.7 Å². The average molecular weight is 295 g/mol. The maximum absolute atomic E-state index is 11.5. The highest BCUT2D eigenvalue weighted by Crippen LogP contribution is 2.12. The fraction of sp³-hybridized carbons (Fsp3) is 0.643. The number of carbonyl (C=O) groups excluding carboxylic acids is 1. The predicted octanol–water partition coefficient (Wildman–Crippen LogP) is 1.17. The lowest BCUT2D eigenvalue weighted by atomic mass is 10.3. The van der Waals surface area contributed by atoms with Crippen LogP contribution in [0.1, 0.15) is 25.3 Å². The number of nitrogens with one attached hydrogen (secondary N) is 3. The Morgan fingerprint density at radius 3 is 2.81 bits per heavy atom. The van der Waals surface area contributed by atoms with Gasteiger partial charge in [-0.3, -0.25) is 4.79 Å². The zero-order valence-corrected chi connectivity index (χ0v) is 13.0. The maximum Gasteiger partial charge on any atom is 0.224 e. The molecule has 118 valence electrons. The molecule has 1 aromatic rings. The van der Waals surface area contributed by atoms with Gasteiger partial charge in [0.1, 0.15) is 5.82 Å². The van der Waals surface area contributed by atoms with E-state index in [2.05, 4.69) is 32.8 Å². The summed E-state index contributed by atoms with van der Waals surface area (Å²) in [6.45, 7) is 6.45. The van der Waals surface area contributed by atoms with Crippen molar-refractivity contribution in [1.82, 2.24) is 15.3 Å². The molecule has 0 aliphatic heterocycles. The number of aromatic nitrogens is 2. The fourth-order valence-electron chi connectivity index (χ4n) is 1.62. The molecule has 0 spiro atoms. The van der Waals surface area contributed by atoms with Crippen molar-refractivity contribution in [2.45, 2.75) is 26.7 Å². The molecule has 0 saturated heterocycles. The Bertz CT molecular complexity index is 439. The molecule has 0 aliphatic carbocycles. The average Bonchev–Trinajstić information content (AvgIpc) is 2.48. The van der Waals surface area contributed by atoms with Crippen molar-refractivity contribution in [1.29, 1.82) is 0 Å². The number of hydrogen-bond acceptors (Lipinski definition) is 6. The lowest BCUT2D eigenvalue weighted by Gasteiger charge is -2.10. The van der Waals surface area contributed by atoms with Gasteiger partial charge in [0, 0.05) is 44.9 Å². The van der Waals surface area contributed by atoms with E-state index >= 15 is 0 Å². The van der Waals surface area contributed by atoms with E-state index in [1.807, 2.05) is 6.92 Å². The number of methoxy groups -OCH3 is 1.